The maximum Gasteiger partial charge on any atom is 0.133 e. The predicted molar refractivity (Wildman–Crippen MR) is 79.5 cm³/mol. The predicted octanol–water partition coefficient (Wildman–Crippen LogP) is 3.04. The lowest BCUT2D eigenvalue weighted by molar-refractivity contribution is 0.175. The number of nitrogens with zero attached hydrogens (tertiary/aromatic N) is 3. The van der Waals surface area contributed by atoms with Crippen LogP contribution in [-0.2, 0) is 12.0 Å². The van der Waals surface area contributed by atoms with Gasteiger partial charge in [0, 0.05) is 25.7 Å². The first-order chi connectivity index (χ1) is 10.2. The van der Waals surface area contributed by atoms with E-state index in [1.165, 1.54) is 0 Å². The molecule has 0 atom stereocenters. The molecule has 1 saturated heterocycles. The van der Waals surface area contributed by atoms with E-state index in [2.05, 4.69) is 28.3 Å². The molecule has 2 heterocycles. The van der Waals surface area contributed by atoms with Gasteiger partial charge in [-0.2, -0.15) is 5.26 Å². The van der Waals surface area contributed by atoms with Gasteiger partial charge in [0.15, 0.2) is 0 Å². The van der Waals surface area contributed by atoms with E-state index in [4.69, 9.17) is 4.52 Å². The molecule has 0 amide bonds. The zero-order valence-electron chi connectivity index (χ0n) is 12.2. The summed E-state index contributed by atoms with van der Waals surface area (Å²) in [5, 5.41) is 13.7. The zero-order chi connectivity index (χ0) is 14.7. The van der Waals surface area contributed by atoms with Crippen molar-refractivity contribution in [3.8, 4) is 6.07 Å². The number of aryl methyl sites for hydroxylation is 1. The molecule has 1 aromatic heterocycles. The first kappa shape index (κ1) is 13.8. The van der Waals surface area contributed by atoms with Crippen LogP contribution in [0.2, 0.25) is 0 Å². The van der Waals surface area contributed by atoms with Crippen LogP contribution in [0.25, 0.3) is 0 Å². The number of hydrogen-bond acceptors (Lipinski definition) is 4. The Morgan fingerprint density at radius 2 is 2.00 bits per heavy atom. The summed E-state index contributed by atoms with van der Waals surface area (Å²) in [6.07, 6.45) is 1.73. The fourth-order valence-corrected chi connectivity index (χ4v) is 3.04. The Bertz CT molecular complexity index is 634. The van der Waals surface area contributed by atoms with Crippen molar-refractivity contribution in [3.05, 3.63) is 53.4 Å². The Morgan fingerprint density at radius 1 is 1.29 bits per heavy atom. The molecule has 0 saturated carbocycles. The Balaban J connectivity index is 1.68. The number of nitriles is 1. The van der Waals surface area contributed by atoms with E-state index in [1.807, 2.05) is 31.2 Å². The van der Waals surface area contributed by atoms with Gasteiger partial charge in [0.05, 0.1) is 17.2 Å². The maximum absolute atomic E-state index is 9.68. The fourth-order valence-electron chi connectivity index (χ4n) is 3.04. The van der Waals surface area contributed by atoms with Crippen LogP contribution in [0, 0.1) is 18.3 Å². The van der Waals surface area contributed by atoms with Gasteiger partial charge >= 0.3 is 0 Å². The Kier molecular flexibility index (Phi) is 3.76. The van der Waals surface area contributed by atoms with Crippen molar-refractivity contribution in [2.45, 2.75) is 31.7 Å². The van der Waals surface area contributed by atoms with E-state index in [1.54, 1.807) is 0 Å². The third-order valence-corrected chi connectivity index (χ3v) is 4.31. The van der Waals surface area contributed by atoms with Gasteiger partial charge in [0.25, 0.3) is 0 Å². The van der Waals surface area contributed by atoms with E-state index in [9.17, 15) is 5.26 Å². The van der Waals surface area contributed by atoms with Crippen LogP contribution in [0.15, 0.2) is 40.9 Å². The maximum atomic E-state index is 9.68. The normalized spacial score (nSPS) is 18.3. The average molecular weight is 281 g/mol. The monoisotopic (exact) mass is 281 g/mol. The molecule has 1 aliphatic rings. The molecular formula is C17H19N3O. The lowest BCUT2D eigenvalue weighted by atomic mass is 9.74. The highest BCUT2D eigenvalue weighted by Crippen LogP contribution is 2.35. The molecule has 21 heavy (non-hydrogen) atoms. The minimum absolute atomic E-state index is 0.336. The molecule has 0 aliphatic carbocycles. The summed E-state index contributed by atoms with van der Waals surface area (Å²) in [6.45, 7) is 4.53. The standard InChI is InChI=1S/C17H19N3O/c1-14-11-16(19-21-14)12-20-9-7-17(13-18,8-10-20)15-5-3-2-4-6-15/h2-6,11H,7-10,12H2,1H3. The van der Waals surface area contributed by atoms with Gasteiger partial charge < -0.3 is 4.52 Å². The van der Waals surface area contributed by atoms with Crippen LogP contribution in [0.4, 0.5) is 0 Å². The topological polar surface area (TPSA) is 53.1 Å². The van der Waals surface area contributed by atoms with Crippen LogP contribution >= 0.6 is 0 Å². The van der Waals surface area contributed by atoms with Crippen molar-refractivity contribution < 1.29 is 4.52 Å². The lowest BCUT2D eigenvalue weighted by Gasteiger charge is -2.37. The molecule has 0 spiro atoms. The van der Waals surface area contributed by atoms with Crippen molar-refractivity contribution in [3.63, 3.8) is 0 Å². The third-order valence-electron chi connectivity index (χ3n) is 4.31. The van der Waals surface area contributed by atoms with Gasteiger partial charge in [-0.05, 0) is 25.3 Å². The molecule has 0 bridgehead atoms. The Morgan fingerprint density at radius 3 is 2.57 bits per heavy atom. The first-order valence-corrected chi connectivity index (χ1v) is 7.33. The van der Waals surface area contributed by atoms with Gasteiger partial charge in [-0.15, -0.1) is 0 Å². The van der Waals surface area contributed by atoms with E-state index in [-0.39, 0.29) is 5.41 Å². The van der Waals surface area contributed by atoms with Gasteiger partial charge in [0.2, 0.25) is 0 Å². The summed E-state index contributed by atoms with van der Waals surface area (Å²) in [4.78, 5) is 2.34. The molecule has 2 aromatic rings. The van der Waals surface area contributed by atoms with Crippen LogP contribution in [-0.4, -0.2) is 23.1 Å². The second kappa shape index (κ2) is 5.71. The highest BCUT2D eigenvalue weighted by atomic mass is 16.5. The van der Waals surface area contributed by atoms with Crippen molar-refractivity contribution in [1.82, 2.24) is 10.1 Å². The second-order valence-corrected chi connectivity index (χ2v) is 5.76. The van der Waals surface area contributed by atoms with Gasteiger partial charge in [-0.3, -0.25) is 4.90 Å². The molecule has 1 fully saturated rings. The van der Waals surface area contributed by atoms with E-state index in [0.29, 0.717) is 0 Å². The third kappa shape index (κ3) is 2.84. The van der Waals surface area contributed by atoms with Crippen molar-refractivity contribution in [2.24, 2.45) is 0 Å². The minimum atomic E-state index is -0.336. The molecule has 0 N–H and O–H groups in total. The number of hydrogen-bond donors (Lipinski definition) is 0. The van der Waals surface area contributed by atoms with Crippen LogP contribution in [0.5, 0.6) is 0 Å². The van der Waals surface area contributed by atoms with Crippen molar-refractivity contribution in [2.75, 3.05) is 13.1 Å². The van der Waals surface area contributed by atoms with Gasteiger partial charge in [-0.25, -0.2) is 0 Å². The van der Waals surface area contributed by atoms with E-state index >= 15 is 0 Å². The zero-order valence-corrected chi connectivity index (χ0v) is 12.2. The van der Waals surface area contributed by atoms with Crippen LogP contribution in [0.1, 0.15) is 29.9 Å². The van der Waals surface area contributed by atoms with E-state index in [0.717, 1.165) is 49.5 Å². The Hall–Kier alpha value is -2.12. The first-order valence-electron chi connectivity index (χ1n) is 7.33. The average Bonchev–Trinajstić information content (AvgIpc) is 2.94. The van der Waals surface area contributed by atoms with Crippen LogP contribution in [0.3, 0.4) is 0 Å². The van der Waals surface area contributed by atoms with Crippen molar-refractivity contribution >= 4 is 0 Å². The van der Waals surface area contributed by atoms with E-state index < -0.39 is 0 Å². The highest BCUT2D eigenvalue weighted by Gasteiger charge is 2.36. The minimum Gasteiger partial charge on any atom is -0.361 e. The molecule has 0 radical (unpaired) electrons. The lowest BCUT2D eigenvalue weighted by Crippen LogP contribution is -2.41. The summed E-state index contributed by atoms with van der Waals surface area (Å²) >= 11 is 0. The highest BCUT2D eigenvalue weighted by molar-refractivity contribution is 5.33. The fraction of sp³-hybridized carbons (Fsp3) is 0.412. The number of rotatable bonds is 3. The molecule has 4 heteroatoms. The number of aromatic nitrogens is 1. The molecule has 3 rings (SSSR count). The summed E-state index contributed by atoms with van der Waals surface area (Å²) in [6, 6.07) is 14.7. The largest absolute Gasteiger partial charge is 0.361 e. The smallest absolute Gasteiger partial charge is 0.133 e. The number of likely N-dealkylation sites (tertiary alicyclic amines) is 1. The SMILES string of the molecule is Cc1cc(CN2CCC(C#N)(c3ccccc3)CC2)no1. The summed E-state index contributed by atoms with van der Waals surface area (Å²) < 4.78 is 5.11. The van der Waals surface area contributed by atoms with Crippen molar-refractivity contribution in [1.29, 1.82) is 5.26 Å². The second-order valence-electron chi connectivity index (χ2n) is 5.76. The van der Waals surface area contributed by atoms with Gasteiger partial charge in [0.1, 0.15) is 5.76 Å². The number of piperidine rings is 1. The number of benzene rings is 1. The molecule has 4 nitrogen and oxygen atoms in total. The molecule has 108 valence electrons. The molecular weight excluding hydrogens is 262 g/mol. The quantitative estimate of drug-likeness (QED) is 0.867. The molecule has 1 aliphatic heterocycles. The summed E-state index contributed by atoms with van der Waals surface area (Å²) in [5.74, 6) is 0.845. The summed E-state index contributed by atoms with van der Waals surface area (Å²) in [7, 11) is 0. The molecule has 1 aromatic carbocycles. The van der Waals surface area contributed by atoms with Gasteiger partial charge in [-0.1, -0.05) is 35.5 Å². The van der Waals surface area contributed by atoms with Crippen LogP contribution < -0.4 is 0 Å². The Labute approximate surface area is 125 Å². The summed E-state index contributed by atoms with van der Waals surface area (Å²) in [5.41, 5.74) is 1.78. The molecule has 0 unspecified atom stereocenters.